The molecular formula is C92H123N21O25S. The quantitative estimate of drug-likeness (QED) is 0.0240. The van der Waals surface area contributed by atoms with E-state index in [0.29, 0.717) is 58.6 Å². The number of likely N-dealkylation sites (N-methyl/N-ethyl adjacent to an activating group) is 2. The standard InChI is InChI=1S/C92H123N21O25S/c1-5-7-19-69-84(130)100-59(30-31-93)80(126)107-67(79(125)97-42-74(94)117)47-139-48-75(118)99-63(34-50-24-26-54(115)27-25-50)90(136)111-32-14-13-22-70(111)86(132)105-65(39-77(121)122)91(137)112-33-15-23-71(112)85(131)103-62(37-53-41-95-49-98-53)82(128)101-60(28-29-76(119)120)89(135)113-44-55(116)38-73(113)87(133)102-61(35-51-40-96-58-18-11-9-16-56(51)58)81(127)106-66(46-114)83(129)104-64(88(134)109(4)72(20-8-6-2)92(138)108(69)3)36-52-43-110(45-78(123)124)68-21-12-10-17-57(52)68/h9-12,16-18,21,24-27,40-41,43,49,55,59-67,69-73,96,114-116H,5-8,13-15,19-20,22-23,28-39,42,44-48,93H2,1-4H3,(H2,94,117)(H,95,98)(H,97,125)(H,99,118)(H,100,130)(H,101,128)(H,102,133)(H,103,131)(H,104,129)(H,105,132)(H,106,127)(H,107,126)(H,119,120)(H,121,122)(H,123,124)/t55-,59+,60+,61+,62+,63-,64+,65+,66+,67+,69+,70+,71+,72+,73+/m1/s1. The minimum atomic E-state index is -2.02. The number of rotatable bonds is 27. The Bertz CT molecular complexity index is 5440. The van der Waals surface area contributed by atoms with Gasteiger partial charge in [-0.3, -0.25) is 91.1 Å². The van der Waals surface area contributed by atoms with Gasteiger partial charge < -0.3 is 134 Å². The average Bonchev–Trinajstić information content (AvgIpc) is 1.74. The number of aliphatic carboxylic acids is 3. The third-order valence-electron chi connectivity index (χ3n) is 25.0. The zero-order valence-corrected chi connectivity index (χ0v) is 78.4. The molecule has 4 fully saturated rings. The molecule has 0 unspecified atom stereocenters. The number of primary amides is 1. The normalized spacial score (nSPS) is 24.8. The highest BCUT2D eigenvalue weighted by atomic mass is 32.2. The fourth-order valence-electron chi connectivity index (χ4n) is 17.7. The summed E-state index contributed by atoms with van der Waals surface area (Å²) in [6, 6.07) is -4.56. The van der Waals surface area contributed by atoms with E-state index in [2.05, 4.69) is 68.1 Å². The molecule has 6 aromatic rings. The Morgan fingerprint density at radius 3 is 1.73 bits per heavy atom. The van der Waals surface area contributed by atoms with E-state index in [0.717, 1.165) is 36.3 Å². The molecule has 10 rings (SSSR count). The van der Waals surface area contributed by atoms with Gasteiger partial charge in [-0.2, -0.15) is 0 Å². The zero-order valence-electron chi connectivity index (χ0n) is 77.5. The molecule has 47 heteroatoms. The summed E-state index contributed by atoms with van der Waals surface area (Å²) in [6.45, 7) is -0.150. The first kappa shape index (κ1) is 107. The highest BCUT2D eigenvalue weighted by Crippen LogP contribution is 2.30. The molecule has 3 aromatic heterocycles. The summed E-state index contributed by atoms with van der Waals surface area (Å²) in [7, 11) is 2.57. The number of nitrogens with zero attached hydrogens (tertiary/aromatic N) is 7. The number of hydrogen-bond acceptors (Lipinski definition) is 25. The Hall–Kier alpha value is -14.1. The summed E-state index contributed by atoms with van der Waals surface area (Å²) in [5.74, 6) is -21.8. The summed E-state index contributed by atoms with van der Waals surface area (Å²) in [6.07, 6.45) is 0.860. The van der Waals surface area contributed by atoms with Crippen molar-refractivity contribution < 1.29 is 122 Å². The van der Waals surface area contributed by atoms with Crippen molar-refractivity contribution in [2.45, 2.75) is 239 Å². The van der Waals surface area contributed by atoms with Crippen LogP contribution in [-0.2, 0) is 123 Å². The third-order valence-corrected chi connectivity index (χ3v) is 26.0. The molecule has 139 heavy (non-hydrogen) atoms. The van der Waals surface area contributed by atoms with Crippen molar-refractivity contribution in [1.82, 2.24) is 97.2 Å². The predicted octanol–water partition coefficient (Wildman–Crippen LogP) is -3.33. The monoisotopic (exact) mass is 1950 g/mol. The summed E-state index contributed by atoms with van der Waals surface area (Å²) in [4.78, 5) is 291. The molecule has 15 atom stereocenters. The Kier molecular flexibility index (Phi) is 39.1. The number of nitrogens with one attached hydrogen (secondary N) is 12. The van der Waals surface area contributed by atoms with Crippen molar-refractivity contribution in [1.29, 1.82) is 0 Å². The summed E-state index contributed by atoms with van der Waals surface area (Å²) < 4.78 is 1.39. The van der Waals surface area contributed by atoms with Crippen molar-refractivity contribution in [2.75, 3.05) is 64.9 Å². The van der Waals surface area contributed by atoms with Crippen molar-refractivity contribution in [3.8, 4) is 5.75 Å². The number of fused-ring (bicyclic) bond motifs is 5. The van der Waals surface area contributed by atoms with E-state index in [1.54, 1.807) is 62.4 Å². The number of thioether (sulfide) groups is 1. The zero-order chi connectivity index (χ0) is 101. The van der Waals surface area contributed by atoms with Gasteiger partial charge in [0.15, 0.2) is 0 Å². The van der Waals surface area contributed by atoms with Crippen LogP contribution in [0.3, 0.4) is 0 Å². The molecule has 0 bridgehead atoms. The number of hydrogen-bond donors (Lipinski definition) is 20. The van der Waals surface area contributed by atoms with Crippen LogP contribution in [0.4, 0.5) is 0 Å². The van der Waals surface area contributed by atoms with E-state index < -0.39 is 286 Å². The summed E-state index contributed by atoms with van der Waals surface area (Å²) in [5, 5.41) is 90.3. The first-order valence-electron chi connectivity index (χ1n) is 46.2. The van der Waals surface area contributed by atoms with Crippen molar-refractivity contribution in [3.63, 3.8) is 0 Å². The van der Waals surface area contributed by atoms with E-state index >= 15 is 47.9 Å². The van der Waals surface area contributed by atoms with Gasteiger partial charge in [0.1, 0.15) is 96.9 Å². The lowest BCUT2D eigenvalue weighted by Crippen LogP contribution is -2.62. The summed E-state index contributed by atoms with van der Waals surface area (Å²) in [5.41, 5.74) is 13.7. The van der Waals surface area contributed by atoms with Crippen LogP contribution in [-0.4, -0.2) is 343 Å². The van der Waals surface area contributed by atoms with Gasteiger partial charge in [-0.15, -0.1) is 11.8 Å². The highest BCUT2D eigenvalue weighted by Gasteiger charge is 2.48. The maximum absolute atomic E-state index is 15.9. The molecule has 22 N–H and O–H groups in total. The molecule has 7 heterocycles. The lowest BCUT2D eigenvalue weighted by Gasteiger charge is -2.38. The number of piperidine rings is 1. The van der Waals surface area contributed by atoms with E-state index in [4.69, 9.17) is 11.5 Å². The number of unbranched alkanes of at least 4 members (excludes halogenated alkanes) is 2. The number of imidazole rings is 1. The number of aromatic amines is 2. The van der Waals surface area contributed by atoms with Crippen molar-refractivity contribution in [2.24, 2.45) is 11.5 Å². The largest absolute Gasteiger partial charge is 0.508 e. The fraction of sp³-hybridized carbons (Fsp3) is 0.522. The average molecular weight is 1960 g/mol. The number of H-pyrrole nitrogens is 2. The molecule has 0 saturated carbocycles. The number of aromatic hydroxyl groups is 1. The summed E-state index contributed by atoms with van der Waals surface area (Å²) >= 11 is 0.750. The number of aliphatic hydroxyl groups excluding tert-OH is 2. The number of carboxylic acid groups (broad SMARTS) is 3. The Morgan fingerprint density at radius 1 is 0.532 bits per heavy atom. The molecule has 0 aliphatic carbocycles. The SMILES string of the molecule is CCCC[C@H]1C(=O)N(C)[C@@H](CCCC)C(=O)N[C@@H](CCN)C(=O)N[C@H](C(=O)NCC(N)=O)CSCC(=O)N[C@H](Cc2ccc(O)cc2)C(=O)N2CCCC[C@H]2C(=O)N[C@@H](CC(=O)O)C(=O)N2CCC[C@H]2C(=O)N[C@@H](Cc2cnc[nH]2)C(=O)N[C@@H](CCC(=O)O)C(=O)N2C[C@H](O)C[C@H]2C(=O)N[C@@H](Cc2c[nH]c3ccccc23)C(=O)N[C@@H](CO)C(=O)N[C@@H](Cc2cn(CC(=O)O)c3ccccc23)C(=O)N1C. The van der Waals surface area contributed by atoms with E-state index in [9.17, 15) is 73.8 Å². The topological polar surface area (TPSA) is 684 Å². The number of nitrogens with two attached hydrogens (primary N) is 2. The number of aromatic nitrogens is 4. The minimum Gasteiger partial charge on any atom is -0.508 e. The Morgan fingerprint density at radius 2 is 1.09 bits per heavy atom. The molecule has 0 spiro atoms. The van der Waals surface area contributed by atoms with Crippen LogP contribution in [0.15, 0.2) is 97.7 Å². The van der Waals surface area contributed by atoms with Crippen LogP contribution in [0, 0.1) is 0 Å². The van der Waals surface area contributed by atoms with Gasteiger partial charge in [0.05, 0.1) is 37.8 Å². The molecule has 4 aliphatic rings. The fourth-order valence-corrected chi connectivity index (χ4v) is 18.6. The first-order chi connectivity index (χ1) is 66.4. The van der Waals surface area contributed by atoms with E-state index in [-0.39, 0.29) is 94.4 Å². The molecular weight excluding hydrogens is 1830 g/mol. The van der Waals surface area contributed by atoms with E-state index in [1.807, 2.05) is 0 Å². The number of carboxylic acids is 3. The second-order valence-corrected chi connectivity index (χ2v) is 36.1. The van der Waals surface area contributed by atoms with Crippen molar-refractivity contribution in [3.05, 3.63) is 120 Å². The number of amides is 16. The molecule has 46 nitrogen and oxygen atoms in total. The number of phenolic OH excluding ortho intramolecular Hbond substituents is 1. The van der Waals surface area contributed by atoms with Gasteiger partial charge in [-0.1, -0.05) is 88.1 Å². The molecule has 0 radical (unpaired) electrons. The van der Waals surface area contributed by atoms with Crippen LogP contribution in [0.5, 0.6) is 5.75 Å². The van der Waals surface area contributed by atoms with Crippen LogP contribution in [0.25, 0.3) is 21.8 Å². The number of para-hydroxylation sites is 2. The first-order valence-corrected chi connectivity index (χ1v) is 47.4. The predicted molar refractivity (Wildman–Crippen MR) is 499 cm³/mol. The second-order valence-electron chi connectivity index (χ2n) is 35.1. The second kappa shape index (κ2) is 50.8. The van der Waals surface area contributed by atoms with Gasteiger partial charge in [-0.25, -0.2) is 4.98 Å². The number of benzene rings is 3. The lowest BCUT2D eigenvalue weighted by atomic mass is 9.97. The van der Waals surface area contributed by atoms with Crippen LogP contribution in [0.1, 0.15) is 139 Å². The number of carbonyl (C=O) groups excluding carboxylic acids is 16. The van der Waals surface area contributed by atoms with Crippen LogP contribution in [0.2, 0.25) is 0 Å². The third kappa shape index (κ3) is 29.0. The van der Waals surface area contributed by atoms with Gasteiger partial charge >= 0.3 is 17.9 Å². The Balaban J connectivity index is 1.03. The number of aliphatic hydroxyl groups is 2. The van der Waals surface area contributed by atoms with E-state index in [1.165, 1.54) is 67.8 Å². The van der Waals surface area contributed by atoms with Gasteiger partial charge in [-0.05, 0) is 105 Å². The molecule has 3 aromatic carbocycles. The lowest BCUT2D eigenvalue weighted by molar-refractivity contribution is -0.149. The van der Waals surface area contributed by atoms with Crippen molar-refractivity contribution >= 4 is 146 Å². The molecule has 752 valence electrons. The maximum Gasteiger partial charge on any atom is 0.323 e. The van der Waals surface area contributed by atoms with Gasteiger partial charge in [0.25, 0.3) is 0 Å². The molecule has 4 saturated heterocycles. The molecule has 4 aliphatic heterocycles. The van der Waals surface area contributed by atoms with Gasteiger partial charge in [0, 0.05) is 124 Å². The smallest absolute Gasteiger partial charge is 0.323 e. The maximum atomic E-state index is 15.9. The van der Waals surface area contributed by atoms with Crippen LogP contribution >= 0.6 is 11.8 Å². The highest BCUT2D eigenvalue weighted by molar-refractivity contribution is 8.00. The van der Waals surface area contributed by atoms with Crippen LogP contribution < -0.4 is 64.6 Å². The van der Waals surface area contributed by atoms with Gasteiger partial charge in [0.2, 0.25) is 94.5 Å². The number of carbonyl (C=O) groups is 19. The molecule has 16 amide bonds. The number of phenols is 1. The Labute approximate surface area is 802 Å². The minimum absolute atomic E-state index is 0.0561.